The molecular formula is C44H38N8O6. The fraction of sp³-hybridized carbons (Fsp3) is 0. The summed E-state index contributed by atoms with van der Waals surface area (Å²) in [4.78, 5) is 44.4. The van der Waals surface area contributed by atoms with E-state index in [2.05, 4.69) is 29.9 Å². The molecule has 0 aliphatic heterocycles. The first kappa shape index (κ1) is 42.2. The lowest BCUT2D eigenvalue weighted by atomic mass is 10.1. The Balaban J connectivity index is 0.000000161. The summed E-state index contributed by atoms with van der Waals surface area (Å²) < 4.78 is 0. The number of benzene rings is 2. The Morgan fingerprint density at radius 3 is 0.690 bits per heavy atom. The average molecular weight is 775 g/mol. The molecule has 2 aromatic carbocycles. The highest BCUT2D eigenvalue weighted by molar-refractivity contribution is 5.91. The minimum absolute atomic E-state index is 0.140. The van der Waals surface area contributed by atoms with Crippen LogP contribution in [0.2, 0.25) is 0 Å². The SMILES string of the molecule is Nc1ccc(C(=O)O)c(O)c1.Nc1ccc(C(=O)O)c(O)c1.c1cc(-c2ccncc2)ccn1.c1cc(-c2ccncc2)ccn1.c1cc(-c2ccncc2)ccn1. The number of nitrogen functional groups attached to an aromatic ring is 2. The third kappa shape index (κ3) is 14.0. The van der Waals surface area contributed by atoms with Gasteiger partial charge in [-0.25, -0.2) is 9.59 Å². The van der Waals surface area contributed by atoms with E-state index in [9.17, 15) is 9.59 Å². The van der Waals surface area contributed by atoms with E-state index >= 15 is 0 Å². The van der Waals surface area contributed by atoms with Crippen LogP contribution in [-0.4, -0.2) is 62.3 Å². The molecule has 0 radical (unpaired) electrons. The summed E-state index contributed by atoms with van der Waals surface area (Å²) >= 11 is 0. The second-order valence-electron chi connectivity index (χ2n) is 11.6. The van der Waals surface area contributed by atoms with Crippen LogP contribution in [0.15, 0.2) is 184 Å². The van der Waals surface area contributed by atoms with Crippen molar-refractivity contribution in [2.24, 2.45) is 0 Å². The first-order valence-corrected chi connectivity index (χ1v) is 17.2. The number of nitrogens with two attached hydrogens (primary N) is 2. The highest BCUT2D eigenvalue weighted by Gasteiger charge is 2.08. The smallest absolute Gasteiger partial charge is 0.339 e. The Morgan fingerprint density at radius 2 is 0.534 bits per heavy atom. The number of phenols is 2. The van der Waals surface area contributed by atoms with E-state index in [1.165, 1.54) is 69.8 Å². The van der Waals surface area contributed by atoms with Crippen LogP contribution in [0.4, 0.5) is 11.4 Å². The maximum absolute atomic E-state index is 10.3. The van der Waals surface area contributed by atoms with Crippen LogP contribution in [-0.2, 0) is 0 Å². The molecule has 8 aromatic rings. The molecule has 0 aliphatic rings. The number of hydrogen-bond donors (Lipinski definition) is 6. The first-order chi connectivity index (χ1) is 28.1. The number of carboxylic acids is 2. The monoisotopic (exact) mass is 774 g/mol. The number of aromatic hydroxyl groups is 2. The normalized spacial score (nSPS) is 9.59. The van der Waals surface area contributed by atoms with Crippen LogP contribution < -0.4 is 11.5 Å². The van der Waals surface area contributed by atoms with Gasteiger partial charge in [0.25, 0.3) is 0 Å². The van der Waals surface area contributed by atoms with Gasteiger partial charge in [-0.3, -0.25) is 29.9 Å². The van der Waals surface area contributed by atoms with E-state index in [-0.39, 0.29) is 22.6 Å². The molecule has 8 N–H and O–H groups in total. The second kappa shape index (κ2) is 22.6. The molecule has 0 unspecified atom stereocenters. The molecule has 58 heavy (non-hydrogen) atoms. The predicted octanol–water partition coefficient (Wildman–Crippen LogP) is 7.78. The summed E-state index contributed by atoms with van der Waals surface area (Å²) in [6.07, 6.45) is 21.4. The van der Waals surface area contributed by atoms with E-state index in [4.69, 9.17) is 31.9 Å². The van der Waals surface area contributed by atoms with Crippen LogP contribution in [0, 0.1) is 0 Å². The highest BCUT2D eigenvalue weighted by atomic mass is 16.4. The van der Waals surface area contributed by atoms with Gasteiger partial charge < -0.3 is 31.9 Å². The first-order valence-electron chi connectivity index (χ1n) is 17.2. The second-order valence-corrected chi connectivity index (χ2v) is 11.6. The lowest BCUT2D eigenvalue weighted by molar-refractivity contribution is 0.0682. The number of pyridine rings is 6. The maximum Gasteiger partial charge on any atom is 0.339 e. The van der Waals surface area contributed by atoms with Gasteiger partial charge in [0.1, 0.15) is 22.6 Å². The van der Waals surface area contributed by atoms with Gasteiger partial charge in [-0.2, -0.15) is 0 Å². The van der Waals surface area contributed by atoms with Crippen molar-refractivity contribution in [1.82, 2.24) is 29.9 Å². The third-order valence-electron chi connectivity index (χ3n) is 7.59. The minimum atomic E-state index is -1.16. The summed E-state index contributed by atoms with van der Waals surface area (Å²) in [5.41, 5.74) is 18.0. The lowest BCUT2D eigenvalue weighted by Gasteiger charge is -1.98. The van der Waals surface area contributed by atoms with Crippen molar-refractivity contribution in [2.45, 2.75) is 0 Å². The quantitative estimate of drug-likeness (QED) is 0.0915. The van der Waals surface area contributed by atoms with Gasteiger partial charge in [-0.05, 0) is 130 Å². The van der Waals surface area contributed by atoms with Crippen molar-refractivity contribution in [1.29, 1.82) is 0 Å². The molecule has 0 aliphatic carbocycles. The zero-order chi connectivity index (χ0) is 41.5. The van der Waals surface area contributed by atoms with Crippen molar-refractivity contribution in [2.75, 3.05) is 11.5 Å². The van der Waals surface area contributed by atoms with Crippen LogP contribution in [0.3, 0.4) is 0 Å². The number of nitrogens with zero attached hydrogens (tertiary/aromatic N) is 6. The van der Waals surface area contributed by atoms with E-state index < -0.39 is 11.9 Å². The average Bonchev–Trinajstić information content (AvgIpc) is 3.26. The number of carbonyl (C=O) groups is 2. The summed E-state index contributed by atoms with van der Waals surface area (Å²) in [6, 6.07) is 31.5. The molecule has 8 rings (SSSR count). The third-order valence-corrected chi connectivity index (χ3v) is 7.59. The number of rotatable bonds is 5. The summed E-state index contributed by atoms with van der Waals surface area (Å²) in [5, 5.41) is 34.9. The summed E-state index contributed by atoms with van der Waals surface area (Å²) in [6.45, 7) is 0. The van der Waals surface area contributed by atoms with E-state index in [1.54, 1.807) is 74.4 Å². The van der Waals surface area contributed by atoms with E-state index in [0.717, 1.165) is 0 Å². The predicted molar refractivity (Wildman–Crippen MR) is 221 cm³/mol. The summed E-state index contributed by atoms with van der Waals surface area (Å²) in [7, 11) is 0. The molecule has 0 saturated heterocycles. The van der Waals surface area contributed by atoms with Gasteiger partial charge >= 0.3 is 11.9 Å². The Labute approximate surface area is 333 Å². The Hall–Kier alpha value is -8.52. The fourth-order valence-corrected chi connectivity index (χ4v) is 4.73. The van der Waals surface area contributed by atoms with Gasteiger partial charge in [-0.15, -0.1) is 0 Å². The van der Waals surface area contributed by atoms with Crippen LogP contribution in [0.25, 0.3) is 33.4 Å². The topological polar surface area (TPSA) is 244 Å². The van der Waals surface area contributed by atoms with Crippen molar-refractivity contribution in [3.05, 3.63) is 195 Å². The molecule has 6 aromatic heterocycles. The van der Waals surface area contributed by atoms with Crippen LogP contribution >= 0.6 is 0 Å². The molecule has 6 heterocycles. The number of aromatic carboxylic acids is 2. The number of aromatic nitrogens is 6. The fourth-order valence-electron chi connectivity index (χ4n) is 4.73. The molecule has 0 atom stereocenters. The molecule has 0 bridgehead atoms. The lowest BCUT2D eigenvalue weighted by Crippen LogP contribution is -1.97. The minimum Gasteiger partial charge on any atom is -0.507 e. The molecule has 0 spiro atoms. The largest absolute Gasteiger partial charge is 0.507 e. The number of carboxylic acid groups (broad SMARTS) is 2. The van der Waals surface area contributed by atoms with Crippen molar-refractivity contribution in [3.63, 3.8) is 0 Å². The number of hydrogen-bond acceptors (Lipinski definition) is 12. The number of anilines is 2. The van der Waals surface area contributed by atoms with Gasteiger partial charge in [0, 0.05) is 97.9 Å². The zero-order valence-electron chi connectivity index (χ0n) is 30.8. The molecule has 290 valence electrons. The van der Waals surface area contributed by atoms with Gasteiger partial charge in [0.15, 0.2) is 0 Å². The van der Waals surface area contributed by atoms with Gasteiger partial charge in [-0.1, -0.05) is 0 Å². The van der Waals surface area contributed by atoms with E-state index in [0.29, 0.717) is 11.4 Å². The molecule has 14 heteroatoms. The van der Waals surface area contributed by atoms with Crippen LogP contribution in [0.5, 0.6) is 11.5 Å². The Kier molecular flexibility index (Phi) is 16.5. The molecule has 0 fully saturated rings. The van der Waals surface area contributed by atoms with Crippen molar-refractivity contribution < 1.29 is 30.0 Å². The summed E-state index contributed by atoms with van der Waals surface area (Å²) in [5.74, 6) is -2.94. The van der Waals surface area contributed by atoms with E-state index in [1.807, 2.05) is 72.8 Å². The van der Waals surface area contributed by atoms with Crippen molar-refractivity contribution >= 4 is 23.3 Å². The van der Waals surface area contributed by atoms with Crippen molar-refractivity contribution in [3.8, 4) is 44.9 Å². The van der Waals surface area contributed by atoms with Gasteiger partial charge in [0.05, 0.1) is 0 Å². The molecule has 14 nitrogen and oxygen atoms in total. The molecular weight excluding hydrogens is 737 g/mol. The molecule has 0 saturated carbocycles. The maximum atomic E-state index is 10.3. The van der Waals surface area contributed by atoms with Crippen LogP contribution in [0.1, 0.15) is 20.7 Å². The highest BCUT2D eigenvalue weighted by Crippen LogP contribution is 2.21. The van der Waals surface area contributed by atoms with Gasteiger partial charge in [0.2, 0.25) is 0 Å². The Morgan fingerprint density at radius 1 is 0.345 bits per heavy atom. The standard InChI is InChI=1S/3C10H8N2.2C7H7NO3/c3*1-5-11-6-2-9(1)10-3-7-12-8-4-10;2*8-4-1-2-5(7(10)11)6(9)3-4/h3*1-8H;2*1-3,9H,8H2,(H,10,11). The Bertz CT molecular complexity index is 2080. The molecule has 0 amide bonds. The zero-order valence-corrected chi connectivity index (χ0v) is 30.8.